The van der Waals surface area contributed by atoms with Crippen LogP contribution in [-0.2, 0) is 0 Å². The normalized spacial score (nSPS) is 19.5. The Hall–Kier alpha value is -3.28. The summed E-state index contributed by atoms with van der Waals surface area (Å²) in [5.74, 6) is 1.65. The lowest BCUT2D eigenvalue weighted by atomic mass is 9.97. The van der Waals surface area contributed by atoms with E-state index in [0.717, 1.165) is 38.2 Å². The fourth-order valence-electron chi connectivity index (χ4n) is 4.69. The van der Waals surface area contributed by atoms with Gasteiger partial charge in [-0.3, -0.25) is 0 Å². The number of halogens is 3. The number of likely N-dealkylation sites (N-methyl/N-ethyl adjacent to an activating group) is 1. The Labute approximate surface area is 200 Å². The number of ether oxygens (including phenoxy) is 2. The van der Waals surface area contributed by atoms with Crippen molar-refractivity contribution in [3.05, 3.63) is 24.3 Å². The molecule has 0 aliphatic carbocycles. The highest BCUT2D eigenvalue weighted by Crippen LogP contribution is 2.41. The first-order chi connectivity index (χ1) is 16.7. The number of nitrogens with zero attached hydrogens (tertiary/aromatic N) is 6. The summed E-state index contributed by atoms with van der Waals surface area (Å²) in [6.07, 6.45) is -2.67. The molecule has 35 heavy (non-hydrogen) atoms. The quantitative estimate of drug-likeness (QED) is 0.580. The average Bonchev–Trinajstić information content (AvgIpc) is 3.21. The Morgan fingerprint density at radius 3 is 2.69 bits per heavy atom. The van der Waals surface area contributed by atoms with Crippen molar-refractivity contribution in [1.82, 2.24) is 24.7 Å². The van der Waals surface area contributed by atoms with Crippen LogP contribution in [0.1, 0.15) is 19.8 Å². The van der Waals surface area contributed by atoms with Gasteiger partial charge in [0.05, 0.1) is 6.54 Å². The second-order valence-corrected chi connectivity index (χ2v) is 9.30. The summed E-state index contributed by atoms with van der Waals surface area (Å²) in [6.45, 7) is 5.53. The third kappa shape index (κ3) is 4.93. The maximum atomic E-state index is 12.7. The molecule has 1 atom stereocenters. The van der Waals surface area contributed by atoms with E-state index in [1.54, 1.807) is 6.07 Å². The number of anilines is 2. The van der Waals surface area contributed by atoms with Crippen LogP contribution in [0.2, 0.25) is 0 Å². The lowest BCUT2D eigenvalue weighted by Crippen LogP contribution is -2.37. The maximum absolute atomic E-state index is 12.7. The Balaban J connectivity index is 1.54. The molecule has 1 unspecified atom stereocenters. The molecule has 0 bridgehead atoms. The van der Waals surface area contributed by atoms with Gasteiger partial charge in [0.1, 0.15) is 17.5 Å². The van der Waals surface area contributed by atoms with Gasteiger partial charge in [-0.25, -0.2) is 0 Å². The van der Waals surface area contributed by atoms with Crippen LogP contribution >= 0.6 is 0 Å². The van der Waals surface area contributed by atoms with Gasteiger partial charge >= 0.3 is 6.36 Å². The zero-order valence-electron chi connectivity index (χ0n) is 19.8. The second-order valence-electron chi connectivity index (χ2n) is 9.30. The number of rotatable bonds is 5. The van der Waals surface area contributed by atoms with Crippen molar-refractivity contribution < 1.29 is 22.6 Å². The van der Waals surface area contributed by atoms with Gasteiger partial charge < -0.3 is 24.6 Å². The minimum Gasteiger partial charge on any atom is -0.483 e. The third-order valence-electron chi connectivity index (χ3n) is 6.44. The van der Waals surface area contributed by atoms with E-state index in [9.17, 15) is 13.2 Å². The summed E-state index contributed by atoms with van der Waals surface area (Å²) in [5.41, 5.74) is 1.60. The van der Waals surface area contributed by atoms with Crippen LogP contribution in [0.5, 0.6) is 11.5 Å². The maximum Gasteiger partial charge on any atom is 0.573 e. The minimum absolute atomic E-state index is 0.0795. The molecule has 12 heteroatoms. The smallest absolute Gasteiger partial charge is 0.483 e. The van der Waals surface area contributed by atoms with E-state index >= 15 is 0 Å². The molecule has 0 radical (unpaired) electrons. The van der Waals surface area contributed by atoms with Gasteiger partial charge in [0, 0.05) is 19.2 Å². The van der Waals surface area contributed by atoms with E-state index in [1.165, 1.54) is 22.7 Å². The van der Waals surface area contributed by atoms with Crippen molar-refractivity contribution in [3.8, 4) is 22.9 Å². The Morgan fingerprint density at radius 2 is 1.94 bits per heavy atom. The summed E-state index contributed by atoms with van der Waals surface area (Å²) in [5, 5.41) is 16.8. The molecule has 0 saturated carbocycles. The van der Waals surface area contributed by atoms with Gasteiger partial charge in [-0.2, -0.15) is 4.52 Å². The summed E-state index contributed by atoms with van der Waals surface area (Å²) < 4.78 is 50.0. The molecule has 1 N–H and O–H groups in total. The van der Waals surface area contributed by atoms with Crippen LogP contribution < -0.4 is 19.7 Å². The molecule has 5 rings (SSSR count). The summed E-state index contributed by atoms with van der Waals surface area (Å²) in [7, 11) is 4.11. The van der Waals surface area contributed by atoms with Gasteiger partial charge in [-0.15, -0.1) is 28.5 Å². The van der Waals surface area contributed by atoms with E-state index < -0.39 is 6.36 Å². The lowest BCUT2D eigenvalue weighted by Gasteiger charge is -2.34. The number of hydrogen-bond donors (Lipinski definition) is 1. The molecule has 1 saturated heterocycles. The van der Waals surface area contributed by atoms with Gasteiger partial charge in [0.2, 0.25) is 5.65 Å². The van der Waals surface area contributed by atoms with Gasteiger partial charge in [0.15, 0.2) is 17.4 Å². The fourth-order valence-corrected chi connectivity index (χ4v) is 4.69. The Kier molecular flexibility index (Phi) is 6.07. The molecule has 188 valence electrons. The van der Waals surface area contributed by atoms with Crippen molar-refractivity contribution in [3.63, 3.8) is 0 Å². The number of likely N-dealkylation sites (tertiary alicyclic amines) is 1. The second kappa shape index (κ2) is 9.06. The van der Waals surface area contributed by atoms with Gasteiger partial charge in [-0.1, -0.05) is 12.1 Å². The molecule has 0 spiro atoms. The third-order valence-corrected chi connectivity index (χ3v) is 6.44. The van der Waals surface area contributed by atoms with Crippen molar-refractivity contribution in [2.45, 2.75) is 32.2 Å². The van der Waals surface area contributed by atoms with Crippen molar-refractivity contribution >= 4 is 17.2 Å². The molecule has 2 aromatic heterocycles. The van der Waals surface area contributed by atoms with Crippen LogP contribution in [0.25, 0.3) is 17.0 Å². The molecule has 0 amide bonds. The topological polar surface area (TPSA) is 80.1 Å². The highest BCUT2D eigenvalue weighted by atomic mass is 19.4. The van der Waals surface area contributed by atoms with Crippen LogP contribution in [0.4, 0.5) is 24.7 Å². The first-order valence-electron chi connectivity index (χ1n) is 11.6. The highest BCUT2D eigenvalue weighted by molar-refractivity contribution is 5.82. The van der Waals surface area contributed by atoms with Gasteiger partial charge in [-0.05, 0) is 58.0 Å². The highest BCUT2D eigenvalue weighted by Gasteiger charge is 2.32. The SMILES string of the molecule is CC1CN(C)c2c(NCC3CCN(C)CC3)nn3c(-c4cccc(OC(F)(F)F)c4)nnc3c2O1. The van der Waals surface area contributed by atoms with Crippen LogP contribution in [0, 0.1) is 5.92 Å². The molecule has 2 aliphatic rings. The molecule has 1 fully saturated rings. The van der Waals surface area contributed by atoms with Crippen LogP contribution in [0.3, 0.4) is 0 Å². The van der Waals surface area contributed by atoms with E-state index in [2.05, 4.69) is 37.1 Å². The zero-order chi connectivity index (χ0) is 24.7. The predicted octanol–water partition coefficient (Wildman–Crippen LogP) is 3.66. The number of nitrogens with one attached hydrogen (secondary N) is 1. The first-order valence-corrected chi connectivity index (χ1v) is 11.6. The molecular weight excluding hydrogens is 463 g/mol. The zero-order valence-corrected chi connectivity index (χ0v) is 19.8. The first kappa shape index (κ1) is 23.5. The van der Waals surface area contributed by atoms with E-state index in [1.807, 2.05) is 14.0 Å². The molecule has 2 aliphatic heterocycles. The number of benzene rings is 1. The number of alkyl halides is 3. The van der Waals surface area contributed by atoms with E-state index in [4.69, 9.17) is 9.84 Å². The standard InChI is InChI=1S/C23H28F3N7O2/c1-14-13-32(3)18-19(34-14)22-29-28-21(16-5-4-6-17(11-16)35-23(24,25)26)33(22)30-20(18)27-12-15-7-9-31(2)10-8-15/h4-6,11,14-15H,7-10,12-13H2,1-3H3,(H,27,30). The number of piperidine rings is 1. The monoisotopic (exact) mass is 491 g/mol. The minimum atomic E-state index is -4.79. The summed E-state index contributed by atoms with van der Waals surface area (Å²) >= 11 is 0. The van der Waals surface area contributed by atoms with Crippen LogP contribution in [-0.4, -0.2) is 77.5 Å². The molecule has 4 heterocycles. The summed E-state index contributed by atoms with van der Waals surface area (Å²) in [6, 6.07) is 5.62. The number of aromatic nitrogens is 4. The van der Waals surface area contributed by atoms with Crippen molar-refractivity contribution in [2.75, 3.05) is 50.5 Å². The Morgan fingerprint density at radius 1 is 1.17 bits per heavy atom. The molecule has 1 aromatic carbocycles. The molecule has 9 nitrogen and oxygen atoms in total. The summed E-state index contributed by atoms with van der Waals surface area (Å²) in [4.78, 5) is 4.41. The van der Waals surface area contributed by atoms with Crippen molar-refractivity contribution in [2.24, 2.45) is 5.92 Å². The molecular formula is C23H28F3N7O2. The van der Waals surface area contributed by atoms with E-state index in [0.29, 0.717) is 41.1 Å². The average molecular weight is 492 g/mol. The van der Waals surface area contributed by atoms with Gasteiger partial charge in [0.25, 0.3) is 0 Å². The number of fused-ring (bicyclic) bond motifs is 3. The van der Waals surface area contributed by atoms with Crippen molar-refractivity contribution in [1.29, 1.82) is 0 Å². The predicted molar refractivity (Wildman–Crippen MR) is 125 cm³/mol. The fraction of sp³-hybridized carbons (Fsp3) is 0.522. The largest absolute Gasteiger partial charge is 0.573 e. The lowest BCUT2D eigenvalue weighted by molar-refractivity contribution is -0.274. The van der Waals surface area contributed by atoms with E-state index in [-0.39, 0.29) is 11.9 Å². The van der Waals surface area contributed by atoms with Crippen LogP contribution in [0.15, 0.2) is 24.3 Å². The molecule has 3 aromatic rings. The Bertz CT molecular complexity index is 1210. The number of hydrogen-bond acceptors (Lipinski definition) is 8.